The van der Waals surface area contributed by atoms with Crippen molar-refractivity contribution in [2.24, 2.45) is 0 Å². The summed E-state index contributed by atoms with van der Waals surface area (Å²) in [7, 11) is 0. The van der Waals surface area contributed by atoms with Gasteiger partial charge in [0.2, 0.25) is 5.91 Å². The molecule has 2 N–H and O–H groups in total. The molecule has 0 radical (unpaired) electrons. The Kier molecular flexibility index (Phi) is 9.20. The number of benzene rings is 1. The minimum Gasteiger partial charge on any atom is -0.379 e. The van der Waals surface area contributed by atoms with E-state index in [2.05, 4.69) is 27.0 Å². The molecule has 162 valence electrons. The van der Waals surface area contributed by atoms with Crippen molar-refractivity contribution < 1.29 is 14.3 Å². The number of ether oxygens (including phenoxy) is 1. The van der Waals surface area contributed by atoms with Gasteiger partial charge in [0.1, 0.15) is 6.04 Å². The number of rotatable bonds is 10. The molecule has 1 aliphatic rings. The number of thiophene rings is 1. The fourth-order valence-electron chi connectivity index (χ4n) is 3.44. The van der Waals surface area contributed by atoms with Gasteiger partial charge in [0, 0.05) is 30.1 Å². The maximum Gasteiger partial charge on any atom is 0.251 e. The quantitative estimate of drug-likeness (QED) is 0.586. The van der Waals surface area contributed by atoms with Crippen molar-refractivity contribution in [2.75, 3.05) is 44.9 Å². The number of amides is 2. The van der Waals surface area contributed by atoms with Gasteiger partial charge in [0.15, 0.2) is 0 Å². The molecule has 2 heterocycles. The van der Waals surface area contributed by atoms with Crippen LogP contribution in [-0.2, 0) is 9.53 Å². The van der Waals surface area contributed by atoms with Crippen LogP contribution in [0.1, 0.15) is 27.7 Å². The number of hydrogen-bond donors (Lipinski definition) is 2. The van der Waals surface area contributed by atoms with E-state index in [-0.39, 0.29) is 17.9 Å². The average molecular weight is 448 g/mol. The molecule has 8 heteroatoms. The van der Waals surface area contributed by atoms with Crippen LogP contribution in [0.5, 0.6) is 0 Å². The van der Waals surface area contributed by atoms with Gasteiger partial charge in [-0.2, -0.15) is 11.8 Å². The summed E-state index contributed by atoms with van der Waals surface area (Å²) in [6.45, 7) is 3.62. The summed E-state index contributed by atoms with van der Waals surface area (Å²) in [6, 6.07) is 12.7. The van der Waals surface area contributed by atoms with Crippen LogP contribution in [0.3, 0.4) is 0 Å². The minimum absolute atomic E-state index is 0.115. The van der Waals surface area contributed by atoms with Gasteiger partial charge in [-0.15, -0.1) is 11.3 Å². The first kappa shape index (κ1) is 22.8. The molecule has 0 unspecified atom stereocenters. The molecular formula is C22H29N3O3S2. The van der Waals surface area contributed by atoms with Gasteiger partial charge in [0.05, 0.1) is 19.3 Å². The van der Waals surface area contributed by atoms with Crippen molar-refractivity contribution in [1.29, 1.82) is 0 Å². The molecule has 2 aromatic rings. The summed E-state index contributed by atoms with van der Waals surface area (Å²) in [6.07, 6.45) is 2.59. The number of thioether (sulfide) groups is 1. The fourth-order valence-corrected chi connectivity index (χ4v) is 4.77. The lowest BCUT2D eigenvalue weighted by atomic mass is 10.1. The highest BCUT2D eigenvalue weighted by molar-refractivity contribution is 7.98. The third-order valence-corrected chi connectivity index (χ3v) is 6.71. The molecule has 0 aliphatic carbocycles. The Bertz CT molecular complexity index is 780. The summed E-state index contributed by atoms with van der Waals surface area (Å²) in [5, 5.41) is 8.07. The number of carbonyl (C=O) groups excluding carboxylic acids is 2. The Hall–Kier alpha value is -1.87. The first-order valence-corrected chi connectivity index (χ1v) is 12.4. The highest BCUT2D eigenvalue weighted by atomic mass is 32.2. The van der Waals surface area contributed by atoms with E-state index < -0.39 is 6.04 Å². The Morgan fingerprint density at radius 1 is 1.17 bits per heavy atom. The molecule has 0 spiro atoms. The Morgan fingerprint density at radius 2 is 1.93 bits per heavy atom. The molecular weight excluding hydrogens is 418 g/mol. The highest BCUT2D eigenvalue weighted by Gasteiger charge is 2.26. The molecule has 1 aromatic heterocycles. The normalized spacial score (nSPS) is 16.6. The monoisotopic (exact) mass is 447 g/mol. The van der Waals surface area contributed by atoms with Gasteiger partial charge >= 0.3 is 0 Å². The molecule has 3 rings (SSSR count). The van der Waals surface area contributed by atoms with Crippen molar-refractivity contribution in [1.82, 2.24) is 15.5 Å². The van der Waals surface area contributed by atoms with Gasteiger partial charge in [-0.05, 0) is 42.0 Å². The lowest BCUT2D eigenvalue weighted by Crippen LogP contribution is -2.50. The Labute approximate surface area is 186 Å². The number of carbonyl (C=O) groups is 2. The molecule has 0 bridgehead atoms. The first-order valence-electron chi connectivity index (χ1n) is 10.2. The molecule has 1 aromatic carbocycles. The van der Waals surface area contributed by atoms with Gasteiger partial charge in [0.25, 0.3) is 5.91 Å². The van der Waals surface area contributed by atoms with Gasteiger partial charge in [-0.1, -0.05) is 24.3 Å². The van der Waals surface area contributed by atoms with E-state index in [0.29, 0.717) is 31.7 Å². The zero-order chi connectivity index (χ0) is 21.2. The van der Waals surface area contributed by atoms with Gasteiger partial charge in [-0.25, -0.2) is 0 Å². The van der Waals surface area contributed by atoms with Crippen molar-refractivity contribution >= 4 is 34.9 Å². The summed E-state index contributed by atoms with van der Waals surface area (Å²) >= 11 is 3.36. The largest absolute Gasteiger partial charge is 0.379 e. The summed E-state index contributed by atoms with van der Waals surface area (Å²) in [4.78, 5) is 29.2. The fraction of sp³-hybridized carbons (Fsp3) is 0.455. The van der Waals surface area contributed by atoms with E-state index in [4.69, 9.17) is 4.74 Å². The second-order valence-electron chi connectivity index (χ2n) is 7.10. The third kappa shape index (κ3) is 6.57. The van der Waals surface area contributed by atoms with E-state index >= 15 is 0 Å². The van der Waals surface area contributed by atoms with Crippen molar-refractivity contribution in [3.63, 3.8) is 0 Å². The summed E-state index contributed by atoms with van der Waals surface area (Å²) < 4.78 is 5.49. The summed E-state index contributed by atoms with van der Waals surface area (Å²) in [5.74, 6) is 0.438. The predicted molar refractivity (Wildman–Crippen MR) is 123 cm³/mol. The second-order valence-corrected chi connectivity index (χ2v) is 9.06. The van der Waals surface area contributed by atoms with E-state index in [1.807, 2.05) is 30.5 Å². The van der Waals surface area contributed by atoms with Crippen molar-refractivity contribution in [3.8, 4) is 0 Å². The number of nitrogens with one attached hydrogen (secondary N) is 2. The van der Waals surface area contributed by atoms with E-state index in [0.717, 1.165) is 18.8 Å². The SMILES string of the molecule is CSCC[C@@H](NC(=O)c1ccccc1)C(=O)NC[C@@H](c1cccs1)N1CCOCC1. The lowest BCUT2D eigenvalue weighted by molar-refractivity contribution is -0.123. The topological polar surface area (TPSA) is 70.7 Å². The molecule has 6 nitrogen and oxygen atoms in total. The number of morpholine rings is 1. The average Bonchev–Trinajstić information content (AvgIpc) is 3.32. The Balaban J connectivity index is 1.63. The van der Waals surface area contributed by atoms with Crippen LogP contribution in [0.15, 0.2) is 47.8 Å². The highest BCUT2D eigenvalue weighted by Crippen LogP contribution is 2.25. The van der Waals surface area contributed by atoms with Crippen molar-refractivity contribution in [2.45, 2.75) is 18.5 Å². The van der Waals surface area contributed by atoms with Crippen LogP contribution < -0.4 is 10.6 Å². The lowest BCUT2D eigenvalue weighted by Gasteiger charge is -2.34. The molecule has 1 aliphatic heterocycles. The molecule has 1 fully saturated rings. The van der Waals surface area contributed by atoms with E-state index in [1.165, 1.54) is 4.88 Å². The number of hydrogen-bond acceptors (Lipinski definition) is 6. The zero-order valence-corrected chi connectivity index (χ0v) is 18.8. The third-order valence-electron chi connectivity index (χ3n) is 5.10. The van der Waals surface area contributed by atoms with Gasteiger partial charge in [-0.3, -0.25) is 14.5 Å². The van der Waals surface area contributed by atoms with Crippen LogP contribution in [0, 0.1) is 0 Å². The zero-order valence-electron chi connectivity index (χ0n) is 17.2. The molecule has 1 saturated heterocycles. The number of nitrogens with zero attached hydrogens (tertiary/aromatic N) is 1. The predicted octanol–water partition coefficient (Wildman–Crippen LogP) is 2.79. The maximum absolute atomic E-state index is 13.0. The first-order chi connectivity index (χ1) is 14.7. The van der Waals surface area contributed by atoms with Crippen LogP contribution in [0.25, 0.3) is 0 Å². The summed E-state index contributed by atoms with van der Waals surface area (Å²) in [5.41, 5.74) is 0.559. The van der Waals surface area contributed by atoms with Crippen LogP contribution in [0.4, 0.5) is 0 Å². The van der Waals surface area contributed by atoms with Crippen LogP contribution >= 0.6 is 23.1 Å². The molecule has 2 amide bonds. The molecule has 0 saturated carbocycles. The molecule has 30 heavy (non-hydrogen) atoms. The van der Waals surface area contributed by atoms with Crippen LogP contribution in [-0.4, -0.2) is 67.6 Å². The van der Waals surface area contributed by atoms with Gasteiger partial charge < -0.3 is 15.4 Å². The van der Waals surface area contributed by atoms with Crippen molar-refractivity contribution in [3.05, 3.63) is 58.3 Å². The molecule has 2 atom stereocenters. The Morgan fingerprint density at radius 3 is 2.60 bits per heavy atom. The minimum atomic E-state index is -0.557. The van der Waals surface area contributed by atoms with E-state index in [1.54, 1.807) is 35.2 Å². The standard InChI is InChI=1S/C22H29N3O3S2/c1-29-15-9-18(24-21(26)17-6-3-2-4-7-17)22(27)23-16-19(20-8-5-14-30-20)25-10-12-28-13-11-25/h2-8,14,18-19H,9-13,15-16H2,1H3,(H,23,27)(H,24,26)/t18-,19+/m1/s1. The second kappa shape index (κ2) is 12.1. The maximum atomic E-state index is 13.0. The van der Waals surface area contributed by atoms with Crippen LogP contribution in [0.2, 0.25) is 0 Å². The van der Waals surface area contributed by atoms with E-state index in [9.17, 15) is 9.59 Å². The smallest absolute Gasteiger partial charge is 0.251 e.